The second-order valence-electron chi connectivity index (χ2n) is 11.7. The van der Waals surface area contributed by atoms with Crippen molar-refractivity contribution in [2.24, 2.45) is 5.41 Å². The number of aromatic nitrogens is 2. The van der Waals surface area contributed by atoms with Gasteiger partial charge in [0.1, 0.15) is 5.82 Å². The minimum Gasteiger partial charge on any atom is -0.389 e. The summed E-state index contributed by atoms with van der Waals surface area (Å²) in [5.74, 6) is -0.903. The number of nitrogens with one attached hydrogen (secondary N) is 1. The molecular formula is C26H36F3N5O4. The Morgan fingerprint density at radius 1 is 1.24 bits per heavy atom. The van der Waals surface area contributed by atoms with Gasteiger partial charge in [-0.3, -0.25) is 4.79 Å². The van der Waals surface area contributed by atoms with Crippen LogP contribution in [0, 0.1) is 5.41 Å². The van der Waals surface area contributed by atoms with Gasteiger partial charge >= 0.3 is 6.18 Å². The molecule has 5 fully saturated rings. The Hall–Kier alpha value is -2.02. The number of anilines is 1. The van der Waals surface area contributed by atoms with Gasteiger partial charge in [0.2, 0.25) is 11.7 Å². The summed E-state index contributed by atoms with van der Waals surface area (Å²) in [6, 6.07) is 1.52. The summed E-state index contributed by atoms with van der Waals surface area (Å²) in [6.45, 7) is 2.07. The number of piperazine rings is 1. The number of ether oxygens (including phenoxy) is 2. The molecule has 5 aliphatic rings. The molecule has 1 amide bonds. The molecule has 0 aromatic carbocycles. The molecule has 6 rings (SSSR count). The van der Waals surface area contributed by atoms with Crippen LogP contribution < -0.4 is 10.2 Å². The second kappa shape index (κ2) is 9.57. The van der Waals surface area contributed by atoms with Crippen molar-refractivity contribution in [1.29, 1.82) is 0 Å². The van der Waals surface area contributed by atoms with Crippen molar-refractivity contribution in [2.45, 2.75) is 93.4 Å². The molecule has 1 aromatic rings. The zero-order valence-corrected chi connectivity index (χ0v) is 21.6. The van der Waals surface area contributed by atoms with E-state index >= 15 is 0 Å². The van der Waals surface area contributed by atoms with Gasteiger partial charge in [-0.05, 0) is 57.4 Å². The fourth-order valence-electron chi connectivity index (χ4n) is 7.55. The van der Waals surface area contributed by atoms with E-state index in [0.717, 1.165) is 25.5 Å². The molecular weight excluding hydrogens is 503 g/mol. The number of nitrogens with zero attached hydrogens (tertiary/aromatic N) is 4. The Bertz CT molecular complexity index is 1060. The molecule has 2 saturated carbocycles. The van der Waals surface area contributed by atoms with Crippen LogP contribution in [-0.2, 0) is 20.4 Å². The van der Waals surface area contributed by atoms with Crippen LogP contribution in [0.5, 0.6) is 0 Å². The van der Waals surface area contributed by atoms with Crippen molar-refractivity contribution in [3.05, 3.63) is 18.1 Å². The van der Waals surface area contributed by atoms with Gasteiger partial charge in [-0.15, -0.1) is 0 Å². The first-order valence-corrected chi connectivity index (χ1v) is 13.7. The number of rotatable bonds is 6. The van der Waals surface area contributed by atoms with Crippen LogP contribution in [0.3, 0.4) is 0 Å². The molecule has 2 bridgehead atoms. The first-order valence-electron chi connectivity index (χ1n) is 13.7. The van der Waals surface area contributed by atoms with Crippen molar-refractivity contribution in [1.82, 2.24) is 20.2 Å². The number of halogens is 3. The lowest BCUT2D eigenvalue weighted by Gasteiger charge is -2.52. The van der Waals surface area contributed by atoms with Gasteiger partial charge in [-0.2, -0.15) is 13.2 Å². The van der Waals surface area contributed by atoms with Crippen LogP contribution in [0.4, 0.5) is 19.0 Å². The maximum absolute atomic E-state index is 14.3. The molecule has 2 N–H and O–H groups in total. The average Bonchev–Trinajstić information content (AvgIpc) is 3.62. The summed E-state index contributed by atoms with van der Waals surface area (Å²) < 4.78 is 50.6. The van der Waals surface area contributed by atoms with E-state index in [4.69, 9.17) is 9.47 Å². The predicted octanol–water partition coefficient (Wildman–Crippen LogP) is 2.13. The maximum Gasteiger partial charge on any atom is 0.451 e. The van der Waals surface area contributed by atoms with E-state index < -0.39 is 23.0 Å². The predicted molar refractivity (Wildman–Crippen MR) is 130 cm³/mol. The van der Waals surface area contributed by atoms with Crippen molar-refractivity contribution >= 4 is 11.7 Å². The monoisotopic (exact) mass is 539 g/mol. The summed E-state index contributed by atoms with van der Waals surface area (Å²) in [5.41, 5.74) is -1.85. The van der Waals surface area contributed by atoms with E-state index in [1.165, 1.54) is 6.07 Å². The highest BCUT2D eigenvalue weighted by molar-refractivity contribution is 5.86. The van der Waals surface area contributed by atoms with E-state index in [2.05, 4.69) is 15.3 Å². The molecule has 4 heterocycles. The van der Waals surface area contributed by atoms with Gasteiger partial charge in [-0.25, -0.2) is 9.97 Å². The molecule has 38 heavy (non-hydrogen) atoms. The van der Waals surface area contributed by atoms with Crippen LogP contribution in [0.1, 0.15) is 57.2 Å². The standard InChI is InChI=1S/C26H36F3N5O4/c1-37-20-15-38-10-5-19(20)31-16-3-8-24(12-16,25(36)6-2-7-25)23(35)34-14-17-11-18(34)13-33(17)21-4-9-30-22(32-21)26(27,28)29/h4,9,16-20,31,36H,2-3,5-8,10-15H2,1H3/t16-,17-,18+,19+,20-,24-/m1/s1. The first-order chi connectivity index (χ1) is 18.1. The smallest absolute Gasteiger partial charge is 0.389 e. The number of aliphatic hydroxyl groups is 1. The Labute approximate surface area is 220 Å². The van der Waals surface area contributed by atoms with Crippen LogP contribution >= 0.6 is 0 Å². The third-order valence-electron chi connectivity index (χ3n) is 9.74. The molecule has 3 aliphatic heterocycles. The first kappa shape index (κ1) is 26.2. The summed E-state index contributed by atoms with van der Waals surface area (Å²) in [5, 5.41) is 15.4. The molecule has 0 radical (unpaired) electrons. The summed E-state index contributed by atoms with van der Waals surface area (Å²) in [6.07, 6.45) is 2.17. The van der Waals surface area contributed by atoms with Crippen LogP contribution in [0.15, 0.2) is 12.3 Å². The maximum atomic E-state index is 14.3. The SMILES string of the molecule is CO[C@@H]1COCC[C@@H]1N[C@@H]1CC[C@@](C(=O)N2C[C@H]3C[C@H]2CN3c2ccnc(C(F)(F)F)n2)(C2(O)CCC2)C1. The quantitative estimate of drug-likeness (QED) is 0.568. The average molecular weight is 540 g/mol. The molecule has 0 unspecified atom stereocenters. The molecule has 2 aliphatic carbocycles. The Morgan fingerprint density at radius 3 is 2.71 bits per heavy atom. The molecule has 1 aromatic heterocycles. The van der Waals surface area contributed by atoms with Crippen LogP contribution in [0.2, 0.25) is 0 Å². The Balaban J connectivity index is 1.17. The number of carbonyl (C=O) groups excluding carboxylic acids is 1. The zero-order chi connectivity index (χ0) is 26.7. The van der Waals surface area contributed by atoms with Crippen LogP contribution in [0.25, 0.3) is 0 Å². The highest BCUT2D eigenvalue weighted by atomic mass is 19.4. The molecule has 0 spiro atoms. The zero-order valence-electron chi connectivity index (χ0n) is 21.6. The molecule has 3 saturated heterocycles. The van der Waals surface area contributed by atoms with Gasteiger partial charge in [-0.1, -0.05) is 0 Å². The molecule has 6 atom stereocenters. The Kier molecular flexibility index (Phi) is 6.60. The number of likely N-dealkylation sites (tertiary alicyclic amines) is 1. The minimum atomic E-state index is -4.61. The van der Waals surface area contributed by atoms with E-state index in [1.54, 1.807) is 7.11 Å². The lowest BCUT2D eigenvalue weighted by molar-refractivity contribution is -0.178. The highest BCUT2D eigenvalue weighted by Crippen LogP contribution is 2.57. The number of methoxy groups -OCH3 is 1. The van der Waals surface area contributed by atoms with Gasteiger partial charge in [0.05, 0.1) is 35.8 Å². The molecule has 12 heteroatoms. The lowest BCUT2D eigenvalue weighted by Crippen LogP contribution is -2.63. The highest BCUT2D eigenvalue weighted by Gasteiger charge is 2.64. The van der Waals surface area contributed by atoms with Gasteiger partial charge < -0.3 is 29.7 Å². The van der Waals surface area contributed by atoms with Gasteiger partial charge in [0.15, 0.2) is 0 Å². The topological polar surface area (TPSA) is 100 Å². The molecule has 9 nitrogen and oxygen atoms in total. The van der Waals surface area contributed by atoms with Crippen molar-refractivity contribution < 1.29 is 32.5 Å². The number of hydrogen-bond acceptors (Lipinski definition) is 8. The van der Waals surface area contributed by atoms with E-state index in [0.29, 0.717) is 58.4 Å². The summed E-state index contributed by atoms with van der Waals surface area (Å²) in [7, 11) is 1.69. The van der Waals surface area contributed by atoms with E-state index in [1.807, 2.05) is 9.80 Å². The van der Waals surface area contributed by atoms with Crippen molar-refractivity contribution in [3.8, 4) is 0 Å². The lowest BCUT2D eigenvalue weighted by atomic mass is 9.59. The number of fused-ring (bicyclic) bond motifs is 2. The number of carbonyl (C=O) groups is 1. The van der Waals surface area contributed by atoms with Crippen LogP contribution in [-0.4, -0.2) is 95.2 Å². The van der Waals surface area contributed by atoms with E-state index in [9.17, 15) is 23.1 Å². The van der Waals surface area contributed by atoms with Gasteiger partial charge in [0.25, 0.3) is 0 Å². The minimum absolute atomic E-state index is 0.00471. The van der Waals surface area contributed by atoms with Crippen molar-refractivity contribution in [3.63, 3.8) is 0 Å². The Morgan fingerprint density at radius 2 is 2.05 bits per heavy atom. The second-order valence-corrected chi connectivity index (χ2v) is 11.7. The normalized spacial score (nSPS) is 36.5. The number of hydrogen-bond donors (Lipinski definition) is 2. The van der Waals surface area contributed by atoms with E-state index in [-0.39, 0.29) is 42.0 Å². The fraction of sp³-hybridized carbons (Fsp3) is 0.808. The third-order valence-corrected chi connectivity index (χ3v) is 9.74. The van der Waals surface area contributed by atoms with Gasteiger partial charge in [0, 0.05) is 45.1 Å². The summed E-state index contributed by atoms with van der Waals surface area (Å²) >= 11 is 0. The third kappa shape index (κ3) is 4.28. The largest absolute Gasteiger partial charge is 0.451 e. The summed E-state index contributed by atoms with van der Waals surface area (Å²) in [4.78, 5) is 25.2. The number of amides is 1. The fourth-order valence-corrected chi connectivity index (χ4v) is 7.55. The number of alkyl halides is 3. The molecule has 210 valence electrons. The van der Waals surface area contributed by atoms with Crippen molar-refractivity contribution in [2.75, 3.05) is 38.3 Å².